The average molecular weight is 671 g/mol. The van der Waals surface area contributed by atoms with Crippen LogP contribution in [0.4, 0.5) is 4.79 Å². The fraction of sp³-hybridized carbons (Fsp3) is 0.389. The molecule has 4 aromatic rings. The molecule has 2 aliphatic rings. The largest absolute Gasteiger partial charge is 0.444 e. The van der Waals surface area contributed by atoms with Crippen LogP contribution in [0.1, 0.15) is 55.7 Å². The summed E-state index contributed by atoms with van der Waals surface area (Å²) >= 11 is 0. The van der Waals surface area contributed by atoms with Crippen LogP contribution in [0.3, 0.4) is 0 Å². The highest BCUT2D eigenvalue weighted by molar-refractivity contribution is 7.89. The number of sulfonamides is 1. The van der Waals surface area contributed by atoms with Gasteiger partial charge in [0, 0.05) is 50.5 Å². The summed E-state index contributed by atoms with van der Waals surface area (Å²) in [7, 11) is -3.80. The summed E-state index contributed by atoms with van der Waals surface area (Å²) in [6.45, 7) is 7.10. The summed E-state index contributed by atoms with van der Waals surface area (Å²) in [5.41, 5.74) is 2.18. The molecule has 0 saturated carbocycles. The van der Waals surface area contributed by atoms with E-state index in [4.69, 9.17) is 9.72 Å². The fourth-order valence-corrected chi connectivity index (χ4v) is 7.93. The Bertz CT molecular complexity index is 1830. The third-order valence-electron chi connectivity index (χ3n) is 8.75. The highest BCUT2D eigenvalue weighted by Crippen LogP contribution is 2.33. The number of hydrogen-bond acceptors (Lipinski definition) is 7. The number of ether oxygens (including phenoxy) is 1. The van der Waals surface area contributed by atoms with Crippen molar-refractivity contribution in [3.05, 3.63) is 103 Å². The Kier molecular flexibility index (Phi) is 9.66. The maximum atomic E-state index is 14.6. The number of imidazole rings is 1. The standard InChI is InChI=1S/C36H42N6O5S/c1-36(2,3)47-35(44)39-21-22-41(30(24-39)23-27-13-6-4-7-14-27)34(43)32-33(28-15-8-5-9-16-28)42(26-38-32)29-17-12-20-40(25-29)48(45,46)31-18-10-11-19-37-31/h4-11,13-16,18-19,26,29-30H,12,17,20-25H2,1-3H3/t29?,30-/m1/s1. The number of piperidine rings is 1. The van der Waals surface area contributed by atoms with Gasteiger partial charge in [-0.2, -0.15) is 4.31 Å². The van der Waals surface area contributed by atoms with Crippen LogP contribution in [0.2, 0.25) is 0 Å². The molecule has 2 saturated heterocycles. The third kappa shape index (κ3) is 7.29. The Balaban J connectivity index is 1.32. The molecule has 1 unspecified atom stereocenters. The van der Waals surface area contributed by atoms with Crippen molar-refractivity contribution in [3.8, 4) is 11.3 Å². The molecule has 2 aliphatic heterocycles. The molecule has 12 heteroatoms. The van der Waals surface area contributed by atoms with Crippen molar-refractivity contribution in [3.63, 3.8) is 0 Å². The number of benzene rings is 2. The number of carbonyl (C=O) groups is 2. The molecule has 0 radical (unpaired) electrons. The first-order valence-corrected chi connectivity index (χ1v) is 17.8. The lowest BCUT2D eigenvalue weighted by atomic mass is 10.0. The predicted octanol–water partition coefficient (Wildman–Crippen LogP) is 5.28. The molecule has 0 N–H and O–H groups in total. The van der Waals surface area contributed by atoms with Crippen LogP contribution in [0.15, 0.2) is 96.4 Å². The van der Waals surface area contributed by atoms with E-state index in [1.807, 2.05) is 90.9 Å². The Hall–Kier alpha value is -4.55. The van der Waals surface area contributed by atoms with Crippen LogP contribution in [0.25, 0.3) is 11.3 Å². The fourth-order valence-electron chi connectivity index (χ4n) is 6.49. The monoisotopic (exact) mass is 670 g/mol. The van der Waals surface area contributed by atoms with Crippen molar-refractivity contribution in [2.45, 2.75) is 62.7 Å². The zero-order valence-corrected chi connectivity index (χ0v) is 28.4. The summed E-state index contributed by atoms with van der Waals surface area (Å²) in [5, 5.41) is 0.0189. The minimum atomic E-state index is -3.80. The Morgan fingerprint density at radius 2 is 1.58 bits per heavy atom. The van der Waals surface area contributed by atoms with Gasteiger partial charge in [0.25, 0.3) is 15.9 Å². The molecule has 2 fully saturated rings. The SMILES string of the molecule is CC(C)(C)OC(=O)N1CCN(C(=O)c2ncn(C3CCCN(S(=O)(=O)c4ccccn4)C3)c2-c2ccccc2)[C@H](Cc2ccccc2)C1. The van der Waals surface area contributed by atoms with Crippen molar-refractivity contribution >= 4 is 22.0 Å². The van der Waals surface area contributed by atoms with E-state index in [0.717, 1.165) is 17.5 Å². The zero-order valence-electron chi connectivity index (χ0n) is 27.6. The number of pyridine rings is 1. The van der Waals surface area contributed by atoms with Crippen molar-refractivity contribution in [2.75, 3.05) is 32.7 Å². The number of hydrogen-bond donors (Lipinski definition) is 0. The molecule has 48 heavy (non-hydrogen) atoms. The van der Waals surface area contributed by atoms with Crippen molar-refractivity contribution in [1.82, 2.24) is 28.6 Å². The molecule has 252 valence electrons. The molecular weight excluding hydrogens is 629 g/mol. The minimum Gasteiger partial charge on any atom is -0.444 e. The van der Waals surface area contributed by atoms with Crippen molar-refractivity contribution in [1.29, 1.82) is 0 Å². The quantitative estimate of drug-likeness (QED) is 0.263. The Morgan fingerprint density at radius 3 is 2.27 bits per heavy atom. The normalized spacial score (nSPS) is 19.2. The van der Waals surface area contributed by atoms with Gasteiger partial charge in [0.1, 0.15) is 5.60 Å². The lowest BCUT2D eigenvalue weighted by Crippen LogP contribution is -2.58. The van der Waals surface area contributed by atoms with Crippen LogP contribution in [-0.4, -0.2) is 93.4 Å². The van der Waals surface area contributed by atoms with E-state index in [1.165, 1.54) is 16.6 Å². The lowest BCUT2D eigenvalue weighted by molar-refractivity contribution is 0.00429. The topological polar surface area (TPSA) is 118 Å². The summed E-state index contributed by atoms with van der Waals surface area (Å²) in [5.74, 6) is -0.230. The summed E-state index contributed by atoms with van der Waals surface area (Å²) < 4.78 is 36.2. The second kappa shape index (κ2) is 13.9. The summed E-state index contributed by atoms with van der Waals surface area (Å²) in [4.78, 5) is 40.0. The van der Waals surface area contributed by atoms with Gasteiger partial charge in [-0.1, -0.05) is 66.7 Å². The van der Waals surface area contributed by atoms with Crippen LogP contribution in [0.5, 0.6) is 0 Å². The van der Waals surface area contributed by atoms with E-state index in [2.05, 4.69) is 4.98 Å². The molecule has 2 atom stereocenters. The summed E-state index contributed by atoms with van der Waals surface area (Å²) in [6, 6.07) is 23.9. The molecule has 4 heterocycles. The Morgan fingerprint density at radius 1 is 0.875 bits per heavy atom. The predicted molar refractivity (Wildman–Crippen MR) is 182 cm³/mol. The van der Waals surface area contributed by atoms with Crippen LogP contribution in [-0.2, 0) is 21.2 Å². The van der Waals surface area contributed by atoms with Gasteiger partial charge in [-0.05, 0) is 57.7 Å². The molecule has 0 bridgehead atoms. The van der Waals surface area contributed by atoms with Gasteiger partial charge in [-0.3, -0.25) is 4.79 Å². The zero-order chi connectivity index (χ0) is 33.9. The third-order valence-corrected chi connectivity index (χ3v) is 10.5. The number of carbonyl (C=O) groups excluding carboxylic acids is 2. The van der Waals surface area contributed by atoms with Gasteiger partial charge in [0.05, 0.1) is 18.1 Å². The molecule has 2 amide bonds. The molecule has 2 aromatic heterocycles. The summed E-state index contributed by atoms with van der Waals surface area (Å²) in [6.07, 6.45) is 4.68. The number of aromatic nitrogens is 3. The van der Waals surface area contributed by atoms with E-state index < -0.39 is 21.7 Å². The van der Waals surface area contributed by atoms with Crippen molar-refractivity contribution < 1.29 is 22.7 Å². The van der Waals surface area contributed by atoms with E-state index >= 15 is 0 Å². The number of piperazine rings is 1. The van der Waals surface area contributed by atoms with Crippen LogP contribution in [0, 0.1) is 0 Å². The van der Waals surface area contributed by atoms with E-state index in [1.54, 1.807) is 23.4 Å². The van der Waals surface area contributed by atoms with E-state index in [-0.39, 0.29) is 29.6 Å². The van der Waals surface area contributed by atoms with E-state index in [9.17, 15) is 18.0 Å². The molecule has 0 spiro atoms. The molecule has 2 aromatic carbocycles. The van der Waals surface area contributed by atoms with Crippen LogP contribution < -0.4 is 0 Å². The number of nitrogens with zero attached hydrogens (tertiary/aromatic N) is 6. The molecule has 6 rings (SSSR count). The maximum Gasteiger partial charge on any atom is 0.410 e. The van der Waals surface area contributed by atoms with E-state index in [0.29, 0.717) is 50.4 Å². The highest BCUT2D eigenvalue weighted by Gasteiger charge is 2.38. The second-order valence-corrected chi connectivity index (χ2v) is 15.2. The van der Waals surface area contributed by atoms with Crippen LogP contribution >= 0.6 is 0 Å². The van der Waals surface area contributed by atoms with Gasteiger partial charge in [0.15, 0.2) is 10.7 Å². The van der Waals surface area contributed by atoms with Gasteiger partial charge in [-0.15, -0.1) is 0 Å². The first-order valence-electron chi connectivity index (χ1n) is 16.4. The van der Waals surface area contributed by atoms with Gasteiger partial charge in [-0.25, -0.2) is 23.2 Å². The highest BCUT2D eigenvalue weighted by atomic mass is 32.2. The van der Waals surface area contributed by atoms with Crippen molar-refractivity contribution in [2.24, 2.45) is 0 Å². The maximum absolute atomic E-state index is 14.6. The van der Waals surface area contributed by atoms with Gasteiger partial charge < -0.3 is 19.1 Å². The molecule has 11 nitrogen and oxygen atoms in total. The van der Waals surface area contributed by atoms with Gasteiger partial charge >= 0.3 is 6.09 Å². The molecule has 0 aliphatic carbocycles. The minimum absolute atomic E-state index is 0.0189. The smallest absolute Gasteiger partial charge is 0.410 e. The average Bonchev–Trinajstić information content (AvgIpc) is 3.54. The first-order chi connectivity index (χ1) is 23.0. The molecular formula is C36H42N6O5S. The second-order valence-electron chi connectivity index (χ2n) is 13.3. The Labute approximate surface area is 282 Å². The number of rotatable bonds is 7. The number of amides is 2. The van der Waals surface area contributed by atoms with Gasteiger partial charge in [0.2, 0.25) is 0 Å². The lowest BCUT2D eigenvalue weighted by Gasteiger charge is -2.41. The first kappa shape index (κ1) is 33.4.